The van der Waals surface area contributed by atoms with Gasteiger partial charge in [-0.3, -0.25) is 4.79 Å². The molecule has 1 saturated carbocycles. The van der Waals surface area contributed by atoms with Gasteiger partial charge in [0.15, 0.2) is 5.82 Å². The zero-order chi connectivity index (χ0) is 13.8. The Morgan fingerprint density at radius 3 is 2.74 bits per heavy atom. The normalized spacial score (nSPS) is 19.3. The van der Waals surface area contributed by atoms with Crippen LogP contribution in [0.15, 0.2) is 4.52 Å². The molecule has 0 aromatic carbocycles. The lowest BCUT2D eigenvalue weighted by atomic mass is 9.90. The Balaban J connectivity index is 2.22. The Morgan fingerprint density at radius 1 is 1.47 bits per heavy atom. The lowest BCUT2D eigenvalue weighted by Gasteiger charge is -2.16. The van der Waals surface area contributed by atoms with Gasteiger partial charge in [0.2, 0.25) is 5.89 Å². The molecule has 1 fully saturated rings. The molecule has 1 aliphatic rings. The molecule has 0 amide bonds. The van der Waals surface area contributed by atoms with Gasteiger partial charge in [0.1, 0.15) is 5.92 Å². The van der Waals surface area contributed by atoms with Crippen molar-refractivity contribution >= 4 is 5.97 Å². The Bertz CT molecular complexity index is 424. The summed E-state index contributed by atoms with van der Waals surface area (Å²) in [5.74, 6) is 0.986. The van der Waals surface area contributed by atoms with Crippen LogP contribution in [-0.2, 0) is 9.53 Å². The van der Waals surface area contributed by atoms with Gasteiger partial charge in [-0.15, -0.1) is 0 Å². The van der Waals surface area contributed by atoms with Crippen LogP contribution in [0.3, 0.4) is 0 Å². The average Bonchev–Trinajstić information content (AvgIpc) is 3.09. The van der Waals surface area contributed by atoms with Gasteiger partial charge in [-0.2, -0.15) is 4.98 Å². The second-order valence-electron chi connectivity index (χ2n) is 5.35. The average molecular weight is 266 g/mol. The van der Waals surface area contributed by atoms with Gasteiger partial charge in [-0.05, 0) is 25.2 Å². The Hall–Kier alpha value is -1.39. The summed E-state index contributed by atoms with van der Waals surface area (Å²) in [5.41, 5.74) is 0. The molecule has 1 heterocycles. The van der Waals surface area contributed by atoms with Crippen molar-refractivity contribution < 1.29 is 14.1 Å². The second kappa shape index (κ2) is 6.17. The molecule has 1 aromatic rings. The van der Waals surface area contributed by atoms with E-state index in [4.69, 9.17) is 9.26 Å². The largest absolute Gasteiger partial charge is 0.468 e. The van der Waals surface area contributed by atoms with Crippen LogP contribution in [0.1, 0.15) is 69.5 Å². The van der Waals surface area contributed by atoms with Gasteiger partial charge >= 0.3 is 5.97 Å². The summed E-state index contributed by atoms with van der Waals surface area (Å²) in [6.45, 7) is 4.13. The SMILES string of the molecule is CCC(C)c1noc(C(C(=O)OC)C2CCCC2)n1. The van der Waals surface area contributed by atoms with Gasteiger partial charge in [0.25, 0.3) is 0 Å². The van der Waals surface area contributed by atoms with Crippen LogP contribution in [0.5, 0.6) is 0 Å². The predicted octanol–water partition coefficient (Wildman–Crippen LogP) is 3.03. The smallest absolute Gasteiger partial charge is 0.318 e. The first-order chi connectivity index (χ1) is 9.17. The molecule has 2 rings (SSSR count). The lowest BCUT2D eigenvalue weighted by molar-refractivity contribution is -0.144. The Labute approximate surface area is 113 Å². The molecular formula is C14H22N2O3. The van der Waals surface area contributed by atoms with Crippen LogP contribution < -0.4 is 0 Å². The van der Waals surface area contributed by atoms with Crippen LogP contribution in [-0.4, -0.2) is 23.2 Å². The topological polar surface area (TPSA) is 65.2 Å². The summed E-state index contributed by atoms with van der Waals surface area (Å²) in [6, 6.07) is 0. The molecule has 19 heavy (non-hydrogen) atoms. The molecule has 0 N–H and O–H groups in total. The van der Waals surface area contributed by atoms with E-state index in [0.717, 1.165) is 32.1 Å². The van der Waals surface area contributed by atoms with Crippen LogP contribution >= 0.6 is 0 Å². The summed E-state index contributed by atoms with van der Waals surface area (Å²) >= 11 is 0. The molecule has 0 saturated heterocycles. The Kier molecular flexibility index (Phi) is 4.56. The van der Waals surface area contributed by atoms with Crippen molar-refractivity contribution in [2.75, 3.05) is 7.11 Å². The van der Waals surface area contributed by atoms with E-state index in [0.29, 0.717) is 11.7 Å². The van der Waals surface area contributed by atoms with Crippen molar-refractivity contribution in [3.8, 4) is 0 Å². The molecule has 0 bridgehead atoms. The fraction of sp³-hybridized carbons (Fsp3) is 0.786. The van der Waals surface area contributed by atoms with Gasteiger partial charge in [0, 0.05) is 5.92 Å². The molecule has 2 atom stereocenters. The molecule has 0 radical (unpaired) electrons. The first-order valence-corrected chi connectivity index (χ1v) is 7.08. The minimum Gasteiger partial charge on any atom is -0.468 e. The Morgan fingerprint density at radius 2 is 2.16 bits per heavy atom. The highest BCUT2D eigenvalue weighted by Crippen LogP contribution is 2.37. The van der Waals surface area contributed by atoms with E-state index >= 15 is 0 Å². The van der Waals surface area contributed by atoms with Crippen molar-refractivity contribution in [1.82, 2.24) is 10.1 Å². The lowest BCUT2D eigenvalue weighted by Crippen LogP contribution is -2.22. The highest BCUT2D eigenvalue weighted by molar-refractivity contribution is 5.77. The summed E-state index contributed by atoms with van der Waals surface area (Å²) in [6.07, 6.45) is 5.32. The quantitative estimate of drug-likeness (QED) is 0.766. The molecule has 5 nitrogen and oxygen atoms in total. The highest BCUT2D eigenvalue weighted by Gasteiger charge is 2.37. The van der Waals surface area contributed by atoms with Crippen molar-refractivity contribution in [2.24, 2.45) is 5.92 Å². The fourth-order valence-corrected chi connectivity index (χ4v) is 2.67. The molecule has 0 aliphatic heterocycles. The van der Waals surface area contributed by atoms with E-state index in [1.54, 1.807) is 0 Å². The number of rotatable bonds is 5. The van der Waals surface area contributed by atoms with E-state index in [2.05, 4.69) is 24.0 Å². The first-order valence-electron chi connectivity index (χ1n) is 7.08. The maximum absolute atomic E-state index is 12.0. The third-order valence-corrected chi connectivity index (χ3v) is 4.10. The van der Waals surface area contributed by atoms with Gasteiger partial charge in [0.05, 0.1) is 7.11 Å². The number of methoxy groups -OCH3 is 1. The van der Waals surface area contributed by atoms with Crippen molar-refractivity contribution in [1.29, 1.82) is 0 Å². The highest BCUT2D eigenvalue weighted by atomic mass is 16.5. The van der Waals surface area contributed by atoms with Crippen LogP contribution in [0.25, 0.3) is 0 Å². The monoisotopic (exact) mass is 266 g/mol. The molecule has 2 unspecified atom stereocenters. The second-order valence-corrected chi connectivity index (χ2v) is 5.35. The molecule has 106 valence electrons. The summed E-state index contributed by atoms with van der Waals surface area (Å²) in [7, 11) is 1.41. The molecule has 1 aromatic heterocycles. The van der Waals surface area contributed by atoms with Crippen molar-refractivity contribution in [3.05, 3.63) is 11.7 Å². The number of hydrogen-bond donors (Lipinski definition) is 0. The summed E-state index contributed by atoms with van der Waals surface area (Å²) in [5, 5.41) is 4.00. The molecular weight excluding hydrogens is 244 g/mol. The molecule has 0 spiro atoms. The van der Waals surface area contributed by atoms with Crippen LogP contribution in [0.2, 0.25) is 0 Å². The van der Waals surface area contributed by atoms with E-state index in [-0.39, 0.29) is 17.8 Å². The van der Waals surface area contributed by atoms with Crippen molar-refractivity contribution in [2.45, 2.75) is 57.8 Å². The van der Waals surface area contributed by atoms with Gasteiger partial charge in [-0.1, -0.05) is 31.8 Å². The molecule has 1 aliphatic carbocycles. The van der Waals surface area contributed by atoms with Gasteiger partial charge in [-0.25, -0.2) is 0 Å². The van der Waals surface area contributed by atoms with Crippen molar-refractivity contribution in [3.63, 3.8) is 0 Å². The number of hydrogen-bond acceptors (Lipinski definition) is 5. The van der Waals surface area contributed by atoms with E-state index < -0.39 is 5.92 Å². The number of carbonyl (C=O) groups excluding carboxylic acids is 1. The minimum atomic E-state index is -0.391. The predicted molar refractivity (Wildman–Crippen MR) is 69.7 cm³/mol. The summed E-state index contributed by atoms with van der Waals surface area (Å²) in [4.78, 5) is 16.4. The molecule has 5 heteroatoms. The number of nitrogens with zero attached hydrogens (tertiary/aromatic N) is 2. The van der Waals surface area contributed by atoms with Crippen LogP contribution in [0.4, 0.5) is 0 Å². The standard InChI is InChI=1S/C14H22N2O3/c1-4-9(2)12-15-13(19-16-12)11(14(17)18-3)10-7-5-6-8-10/h9-11H,4-8H2,1-3H3. The number of aromatic nitrogens is 2. The summed E-state index contributed by atoms with van der Waals surface area (Å²) < 4.78 is 10.2. The third-order valence-electron chi connectivity index (χ3n) is 4.10. The van der Waals surface area contributed by atoms with E-state index in [9.17, 15) is 4.79 Å². The zero-order valence-corrected chi connectivity index (χ0v) is 11.9. The third kappa shape index (κ3) is 2.96. The maximum atomic E-state index is 12.0. The first kappa shape index (κ1) is 14.0. The number of carbonyl (C=O) groups is 1. The zero-order valence-electron chi connectivity index (χ0n) is 11.9. The number of esters is 1. The van der Waals surface area contributed by atoms with Crippen LogP contribution in [0, 0.1) is 5.92 Å². The minimum absolute atomic E-state index is 0.249. The maximum Gasteiger partial charge on any atom is 0.318 e. The van der Waals surface area contributed by atoms with E-state index in [1.807, 2.05) is 0 Å². The number of ether oxygens (including phenoxy) is 1. The fourth-order valence-electron chi connectivity index (χ4n) is 2.67. The van der Waals surface area contributed by atoms with Gasteiger partial charge < -0.3 is 9.26 Å². The van der Waals surface area contributed by atoms with E-state index in [1.165, 1.54) is 7.11 Å².